The van der Waals surface area contributed by atoms with Crippen molar-refractivity contribution in [1.29, 1.82) is 0 Å². The van der Waals surface area contributed by atoms with Gasteiger partial charge >= 0.3 is 0 Å². The second-order valence-corrected chi connectivity index (χ2v) is 6.46. The molecule has 19 heavy (non-hydrogen) atoms. The highest BCUT2D eigenvalue weighted by Gasteiger charge is 2.22. The highest BCUT2D eigenvalue weighted by atomic mass is 16.3. The fraction of sp³-hybridized carbons (Fsp3) is 1.00. The summed E-state index contributed by atoms with van der Waals surface area (Å²) in [7, 11) is 6.40. The molecule has 0 amide bonds. The Kier molecular flexibility index (Phi) is 7.29. The maximum atomic E-state index is 9.33. The summed E-state index contributed by atoms with van der Waals surface area (Å²) in [6.45, 7) is 5.92. The molecular formula is C15H33N3O. The molecule has 4 nitrogen and oxygen atoms in total. The predicted molar refractivity (Wildman–Crippen MR) is 81.6 cm³/mol. The average molecular weight is 271 g/mol. The molecular weight excluding hydrogens is 238 g/mol. The zero-order chi connectivity index (χ0) is 14.3. The van der Waals surface area contributed by atoms with Crippen LogP contribution in [0.15, 0.2) is 0 Å². The molecule has 2 N–H and O–H groups in total. The van der Waals surface area contributed by atoms with E-state index in [1.165, 1.54) is 38.8 Å². The Morgan fingerprint density at radius 1 is 1.42 bits per heavy atom. The van der Waals surface area contributed by atoms with Gasteiger partial charge in [-0.25, -0.2) is 0 Å². The lowest BCUT2D eigenvalue weighted by molar-refractivity contribution is 0.167. The van der Waals surface area contributed by atoms with Gasteiger partial charge in [-0.2, -0.15) is 0 Å². The first-order valence-corrected chi connectivity index (χ1v) is 7.69. The number of aliphatic hydroxyl groups is 1. The quantitative estimate of drug-likeness (QED) is 0.617. The van der Waals surface area contributed by atoms with Gasteiger partial charge in [0, 0.05) is 18.1 Å². The van der Waals surface area contributed by atoms with Crippen molar-refractivity contribution in [3.63, 3.8) is 0 Å². The molecule has 1 aliphatic heterocycles. The summed E-state index contributed by atoms with van der Waals surface area (Å²) in [5, 5.41) is 12.5. The van der Waals surface area contributed by atoms with Crippen LogP contribution in [0.5, 0.6) is 0 Å². The number of rotatable bonds is 9. The summed E-state index contributed by atoms with van der Waals surface area (Å²) in [4.78, 5) is 4.95. The molecule has 0 saturated carbocycles. The van der Waals surface area contributed by atoms with Gasteiger partial charge < -0.3 is 20.2 Å². The normalized spacial score (nSPS) is 24.0. The van der Waals surface area contributed by atoms with Gasteiger partial charge in [0.15, 0.2) is 0 Å². The van der Waals surface area contributed by atoms with E-state index >= 15 is 0 Å². The number of likely N-dealkylation sites (tertiary alicyclic amines) is 1. The van der Waals surface area contributed by atoms with Crippen LogP contribution in [-0.2, 0) is 0 Å². The van der Waals surface area contributed by atoms with Gasteiger partial charge in [0.25, 0.3) is 0 Å². The first-order chi connectivity index (χ1) is 9.00. The van der Waals surface area contributed by atoms with Gasteiger partial charge in [0.05, 0.1) is 6.61 Å². The second-order valence-electron chi connectivity index (χ2n) is 6.46. The van der Waals surface area contributed by atoms with Gasteiger partial charge in [-0.05, 0) is 66.8 Å². The lowest BCUT2D eigenvalue weighted by Crippen LogP contribution is -2.43. The van der Waals surface area contributed by atoms with Crippen LogP contribution in [0, 0.1) is 0 Å². The molecule has 0 radical (unpaired) electrons. The Morgan fingerprint density at radius 3 is 2.68 bits per heavy atom. The van der Waals surface area contributed by atoms with Crippen molar-refractivity contribution in [2.45, 2.75) is 50.6 Å². The third-order valence-corrected chi connectivity index (χ3v) is 4.66. The van der Waals surface area contributed by atoms with E-state index in [-0.39, 0.29) is 12.1 Å². The summed E-state index contributed by atoms with van der Waals surface area (Å²) in [5.41, 5.74) is -0.107. The van der Waals surface area contributed by atoms with E-state index in [1.807, 2.05) is 7.05 Å². The van der Waals surface area contributed by atoms with E-state index in [0.29, 0.717) is 0 Å². The van der Waals surface area contributed by atoms with Crippen LogP contribution in [-0.4, -0.2) is 73.9 Å². The highest BCUT2D eigenvalue weighted by Crippen LogP contribution is 2.16. The van der Waals surface area contributed by atoms with Crippen molar-refractivity contribution in [3.05, 3.63) is 0 Å². The topological polar surface area (TPSA) is 38.7 Å². The molecule has 0 aromatic rings. The third kappa shape index (κ3) is 5.78. The summed E-state index contributed by atoms with van der Waals surface area (Å²) in [6.07, 6.45) is 6.12. The SMILES string of the molecule is CNC(C)(CO)CCCCN(C)CC1CCCN1C. The summed E-state index contributed by atoms with van der Waals surface area (Å²) in [5.74, 6) is 0. The zero-order valence-corrected chi connectivity index (χ0v) is 13.3. The van der Waals surface area contributed by atoms with Crippen molar-refractivity contribution < 1.29 is 5.11 Å². The molecule has 0 bridgehead atoms. The van der Waals surface area contributed by atoms with Gasteiger partial charge in [0.2, 0.25) is 0 Å². The standard InChI is InChI=1S/C15H33N3O/c1-15(13-19,16-2)9-5-6-10-17(3)12-14-8-7-11-18(14)4/h14,16,19H,5-13H2,1-4H3. The maximum Gasteiger partial charge on any atom is 0.0610 e. The van der Waals surface area contributed by atoms with Crippen LogP contribution in [0.25, 0.3) is 0 Å². The van der Waals surface area contributed by atoms with Crippen LogP contribution in [0.2, 0.25) is 0 Å². The Bertz CT molecular complexity index is 244. The molecule has 1 fully saturated rings. The summed E-state index contributed by atoms with van der Waals surface area (Å²) in [6, 6.07) is 0.755. The van der Waals surface area contributed by atoms with Crippen LogP contribution in [0.1, 0.15) is 39.0 Å². The maximum absolute atomic E-state index is 9.33. The molecule has 1 heterocycles. The van der Waals surface area contributed by atoms with Gasteiger partial charge in [-0.15, -0.1) is 0 Å². The van der Waals surface area contributed by atoms with Crippen molar-refractivity contribution in [2.24, 2.45) is 0 Å². The summed E-state index contributed by atoms with van der Waals surface area (Å²) >= 11 is 0. The number of hydrogen-bond donors (Lipinski definition) is 2. The molecule has 1 saturated heterocycles. The second kappa shape index (κ2) is 8.20. The Balaban J connectivity index is 2.11. The predicted octanol–water partition coefficient (Wildman–Crippen LogP) is 1.15. The van der Waals surface area contributed by atoms with Crippen molar-refractivity contribution in [1.82, 2.24) is 15.1 Å². The minimum absolute atomic E-state index is 0.107. The lowest BCUT2D eigenvalue weighted by Gasteiger charge is -2.28. The molecule has 1 rings (SSSR count). The fourth-order valence-corrected chi connectivity index (χ4v) is 2.84. The van der Waals surface area contributed by atoms with Gasteiger partial charge in [-0.3, -0.25) is 0 Å². The Morgan fingerprint density at radius 2 is 2.16 bits per heavy atom. The van der Waals surface area contributed by atoms with Crippen molar-refractivity contribution in [2.75, 3.05) is 47.4 Å². The van der Waals surface area contributed by atoms with Gasteiger partial charge in [0.1, 0.15) is 0 Å². The van der Waals surface area contributed by atoms with Crippen LogP contribution in [0.3, 0.4) is 0 Å². The number of likely N-dealkylation sites (N-methyl/N-ethyl adjacent to an activating group) is 3. The van der Waals surface area contributed by atoms with E-state index in [0.717, 1.165) is 19.0 Å². The molecule has 2 atom stereocenters. The largest absolute Gasteiger partial charge is 0.394 e. The van der Waals surface area contributed by atoms with Gasteiger partial charge in [-0.1, -0.05) is 6.42 Å². The van der Waals surface area contributed by atoms with E-state index in [2.05, 4.69) is 36.1 Å². The molecule has 0 aliphatic carbocycles. The van der Waals surface area contributed by atoms with Crippen LogP contribution < -0.4 is 5.32 Å². The molecule has 114 valence electrons. The van der Waals surface area contributed by atoms with E-state index < -0.39 is 0 Å². The molecule has 2 unspecified atom stereocenters. The molecule has 0 aromatic heterocycles. The van der Waals surface area contributed by atoms with Crippen LogP contribution in [0.4, 0.5) is 0 Å². The summed E-state index contributed by atoms with van der Waals surface area (Å²) < 4.78 is 0. The smallest absolute Gasteiger partial charge is 0.0610 e. The number of nitrogens with one attached hydrogen (secondary N) is 1. The van der Waals surface area contributed by atoms with Crippen LogP contribution >= 0.6 is 0 Å². The molecule has 4 heteroatoms. The number of aliphatic hydroxyl groups excluding tert-OH is 1. The molecule has 0 aromatic carbocycles. The van der Waals surface area contributed by atoms with E-state index in [4.69, 9.17) is 0 Å². The monoisotopic (exact) mass is 271 g/mol. The average Bonchev–Trinajstić information content (AvgIpc) is 2.80. The number of nitrogens with zero attached hydrogens (tertiary/aromatic N) is 2. The van der Waals surface area contributed by atoms with E-state index in [1.54, 1.807) is 0 Å². The highest BCUT2D eigenvalue weighted by molar-refractivity contribution is 4.81. The zero-order valence-electron chi connectivity index (χ0n) is 13.3. The van der Waals surface area contributed by atoms with Crippen molar-refractivity contribution >= 4 is 0 Å². The fourth-order valence-electron chi connectivity index (χ4n) is 2.84. The Hall–Kier alpha value is -0.160. The first kappa shape index (κ1) is 16.9. The molecule has 0 spiro atoms. The minimum atomic E-state index is -0.107. The number of hydrogen-bond acceptors (Lipinski definition) is 4. The van der Waals surface area contributed by atoms with E-state index in [9.17, 15) is 5.11 Å². The minimum Gasteiger partial charge on any atom is -0.394 e. The molecule has 1 aliphatic rings. The lowest BCUT2D eigenvalue weighted by atomic mass is 9.96. The third-order valence-electron chi connectivity index (χ3n) is 4.66. The van der Waals surface area contributed by atoms with Crippen molar-refractivity contribution in [3.8, 4) is 0 Å². The first-order valence-electron chi connectivity index (χ1n) is 7.69. The number of unbranched alkanes of at least 4 members (excludes halogenated alkanes) is 1. The Labute approximate surface area is 119 Å².